The molecule has 150 valence electrons. The number of benzene rings is 3. The third-order valence-electron chi connectivity index (χ3n) is 4.98. The Balaban J connectivity index is 1.88. The van der Waals surface area contributed by atoms with Crippen LogP contribution in [0, 0.1) is 0 Å². The number of para-hydroxylation sites is 1. The summed E-state index contributed by atoms with van der Waals surface area (Å²) in [6.45, 7) is 0. The monoisotopic (exact) mass is 417 g/mol. The van der Waals surface area contributed by atoms with Gasteiger partial charge in [-0.1, -0.05) is 72.3 Å². The summed E-state index contributed by atoms with van der Waals surface area (Å²) in [6, 6.07) is 24.9. The first-order valence-electron chi connectivity index (χ1n) is 9.50. The predicted octanol–water partition coefficient (Wildman–Crippen LogP) is 5.09. The first-order chi connectivity index (χ1) is 14.5. The van der Waals surface area contributed by atoms with Crippen LogP contribution in [0.15, 0.2) is 90.5 Å². The van der Waals surface area contributed by atoms with Crippen LogP contribution in [-0.4, -0.2) is 23.9 Å². The number of urea groups is 1. The number of carbonyl (C=O) groups excluding carboxylic acids is 2. The zero-order valence-corrected chi connectivity index (χ0v) is 17.1. The average Bonchev–Trinajstić information content (AvgIpc) is 2.77. The van der Waals surface area contributed by atoms with Crippen molar-refractivity contribution in [2.75, 3.05) is 12.4 Å². The van der Waals surface area contributed by atoms with Gasteiger partial charge in [0.25, 0.3) is 5.91 Å². The number of amides is 3. The van der Waals surface area contributed by atoms with Crippen LogP contribution in [0.25, 0.3) is 5.70 Å². The van der Waals surface area contributed by atoms with Gasteiger partial charge in [-0.3, -0.25) is 9.69 Å². The minimum Gasteiger partial charge on any atom is -0.326 e. The maximum absolute atomic E-state index is 13.5. The molecule has 4 rings (SSSR count). The number of hydrogen-bond acceptors (Lipinski definition) is 2. The first-order valence-corrected chi connectivity index (χ1v) is 9.88. The van der Waals surface area contributed by atoms with E-state index in [1.807, 2.05) is 72.8 Å². The van der Waals surface area contributed by atoms with Crippen molar-refractivity contribution >= 4 is 34.9 Å². The number of nitrogens with zero attached hydrogens (tertiary/aromatic N) is 1. The highest BCUT2D eigenvalue weighted by Crippen LogP contribution is 2.36. The highest BCUT2D eigenvalue weighted by Gasteiger charge is 2.36. The maximum Gasteiger partial charge on any atom is 0.322 e. The highest BCUT2D eigenvalue weighted by atomic mass is 35.5. The molecule has 0 spiro atoms. The van der Waals surface area contributed by atoms with Crippen molar-refractivity contribution in [2.45, 2.75) is 6.04 Å². The molecule has 6 heteroatoms. The fourth-order valence-electron chi connectivity index (χ4n) is 3.52. The molecule has 0 aromatic heterocycles. The molecule has 1 aliphatic heterocycles. The fraction of sp³-hybridized carbons (Fsp3) is 0.0833. The van der Waals surface area contributed by atoms with Gasteiger partial charge in [0.1, 0.15) is 0 Å². The van der Waals surface area contributed by atoms with Crippen molar-refractivity contribution in [3.8, 4) is 0 Å². The molecule has 0 unspecified atom stereocenters. The van der Waals surface area contributed by atoms with Crippen molar-refractivity contribution in [3.63, 3.8) is 0 Å². The Morgan fingerprint density at radius 2 is 1.53 bits per heavy atom. The summed E-state index contributed by atoms with van der Waals surface area (Å²) < 4.78 is 0. The molecule has 5 nitrogen and oxygen atoms in total. The number of carbonyl (C=O) groups is 2. The minimum absolute atomic E-state index is 0.285. The molecule has 2 N–H and O–H groups in total. The van der Waals surface area contributed by atoms with Crippen molar-refractivity contribution in [1.82, 2.24) is 10.2 Å². The molecule has 1 heterocycles. The Kier molecular flexibility index (Phi) is 5.55. The lowest BCUT2D eigenvalue weighted by atomic mass is 9.91. The van der Waals surface area contributed by atoms with Crippen molar-refractivity contribution < 1.29 is 9.59 Å². The Labute approximate surface area is 180 Å². The van der Waals surface area contributed by atoms with Crippen LogP contribution in [0.1, 0.15) is 17.2 Å². The van der Waals surface area contributed by atoms with E-state index in [1.54, 1.807) is 19.2 Å². The third-order valence-corrected chi connectivity index (χ3v) is 5.23. The molecule has 1 atom stereocenters. The summed E-state index contributed by atoms with van der Waals surface area (Å²) >= 11 is 6.05. The van der Waals surface area contributed by atoms with E-state index in [0.717, 1.165) is 11.1 Å². The van der Waals surface area contributed by atoms with Crippen LogP contribution in [0.3, 0.4) is 0 Å². The molecule has 3 aromatic rings. The smallest absolute Gasteiger partial charge is 0.322 e. The Hall–Kier alpha value is -3.57. The zero-order valence-electron chi connectivity index (χ0n) is 16.3. The number of halogens is 1. The van der Waals surface area contributed by atoms with Gasteiger partial charge < -0.3 is 10.6 Å². The highest BCUT2D eigenvalue weighted by molar-refractivity contribution is 6.30. The second-order valence-electron chi connectivity index (χ2n) is 6.94. The molecule has 3 amide bonds. The Morgan fingerprint density at radius 1 is 0.933 bits per heavy atom. The molecular weight excluding hydrogens is 398 g/mol. The topological polar surface area (TPSA) is 61.4 Å². The van der Waals surface area contributed by atoms with Crippen LogP contribution in [-0.2, 0) is 4.79 Å². The fourth-order valence-corrected chi connectivity index (χ4v) is 3.65. The van der Waals surface area contributed by atoms with Crippen molar-refractivity contribution in [2.24, 2.45) is 0 Å². The average molecular weight is 418 g/mol. The van der Waals surface area contributed by atoms with Gasteiger partial charge in [-0.15, -0.1) is 0 Å². The number of anilines is 1. The summed E-state index contributed by atoms with van der Waals surface area (Å²) in [7, 11) is 1.66. The second kappa shape index (κ2) is 8.43. The van der Waals surface area contributed by atoms with E-state index in [4.69, 9.17) is 11.6 Å². The normalized spacial score (nSPS) is 16.3. The van der Waals surface area contributed by atoms with Gasteiger partial charge in [0, 0.05) is 17.8 Å². The number of nitrogens with one attached hydrogen (secondary N) is 2. The van der Waals surface area contributed by atoms with Crippen molar-refractivity contribution in [3.05, 3.63) is 107 Å². The van der Waals surface area contributed by atoms with Crippen LogP contribution in [0.4, 0.5) is 10.5 Å². The largest absolute Gasteiger partial charge is 0.326 e. The van der Waals surface area contributed by atoms with Gasteiger partial charge in [0.05, 0.1) is 17.3 Å². The molecule has 0 saturated heterocycles. The van der Waals surface area contributed by atoms with E-state index in [0.29, 0.717) is 22.0 Å². The van der Waals surface area contributed by atoms with E-state index in [1.165, 1.54) is 4.90 Å². The maximum atomic E-state index is 13.5. The lowest BCUT2D eigenvalue weighted by Gasteiger charge is -2.35. The third kappa shape index (κ3) is 3.93. The van der Waals surface area contributed by atoms with Crippen LogP contribution >= 0.6 is 11.6 Å². The van der Waals surface area contributed by atoms with E-state index in [9.17, 15) is 9.59 Å². The molecule has 0 saturated carbocycles. The van der Waals surface area contributed by atoms with Crippen LogP contribution in [0.2, 0.25) is 5.02 Å². The lowest BCUT2D eigenvalue weighted by Crippen LogP contribution is -2.46. The summed E-state index contributed by atoms with van der Waals surface area (Å²) in [5, 5.41) is 6.48. The van der Waals surface area contributed by atoms with Gasteiger partial charge in [-0.05, 0) is 35.4 Å². The van der Waals surface area contributed by atoms with Gasteiger partial charge >= 0.3 is 6.03 Å². The Bertz CT molecular complexity index is 1100. The van der Waals surface area contributed by atoms with Gasteiger partial charge in [0.2, 0.25) is 0 Å². The van der Waals surface area contributed by atoms with E-state index in [-0.39, 0.29) is 11.9 Å². The first kappa shape index (κ1) is 19.7. The molecule has 0 aliphatic carbocycles. The standard InChI is InChI=1S/C24H20ClN3O2/c1-28-22(17-8-4-2-5-9-17)20(23(29)26-19-10-6-3-7-11-19)21(27-24(28)30)16-12-14-18(25)15-13-16/h2-15,21H,1H3,(H,26,29)(H,27,30)/t21-/m0/s1. The zero-order chi connectivity index (χ0) is 21.1. The minimum atomic E-state index is -0.620. The van der Waals surface area contributed by atoms with Crippen LogP contribution in [0.5, 0.6) is 0 Å². The van der Waals surface area contributed by atoms with E-state index < -0.39 is 6.04 Å². The van der Waals surface area contributed by atoms with E-state index >= 15 is 0 Å². The van der Waals surface area contributed by atoms with Gasteiger partial charge in [-0.2, -0.15) is 0 Å². The van der Waals surface area contributed by atoms with Crippen molar-refractivity contribution in [1.29, 1.82) is 0 Å². The summed E-state index contributed by atoms with van der Waals surface area (Å²) in [5.41, 5.74) is 3.25. The van der Waals surface area contributed by atoms with Gasteiger partial charge in [0.15, 0.2) is 0 Å². The summed E-state index contributed by atoms with van der Waals surface area (Å²) in [5.74, 6) is -0.285. The quantitative estimate of drug-likeness (QED) is 0.621. The molecule has 0 bridgehead atoms. The van der Waals surface area contributed by atoms with E-state index in [2.05, 4.69) is 10.6 Å². The molecule has 1 aliphatic rings. The molecule has 30 heavy (non-hydrogen) atoms. The lowest BCUT2D eigenvalue weighted by molar-refractivity contribution is -0.113. The number of rotatable bonds is 4. The van der Waals surface area contributed by atoms with Crippen LogP contribution < -0.4 is 10.6 Å². The molecule has 0 fully saturated rings. The SMILES string of the molecule is CN1C(=O)N[C@@H](c2ccc(Cl)cc2)C(C(=O)Nc2ccccc2)=C1c1ccccc1. The summed E-state index contributed by atoms with van der Waals surface area (Å²) in [6.07, 6.45) is 0. The predicted molar refractivity (Wildman–Crippen MR) is 119 cm³/mol. The second-order valence-corrected chi connectivity index (χ2v) is 7.38. The Morgan fingerprint density at radius 3 is 2.17 bits per heavy atom. The summed E-state index contributed by atoms with van der Waals surface area (Å²) in [4.78, 5) is 27.7. The molecular formula is C24H20ClN3O2. The molecule has 3 aromatic carbocycles. The molecule has 0 radical (unpaired) electrons. The van der Waals surface area contributed by atoms with Gasteiger partial charge in [-0.25, -0.2) is 4.79 Å². The number of hydrogen-bond donors (Lipinski definition) is 2.